The molecule has 5 heteroatoms. The molecule has 25 heavy (non-hydrogen) atoms. The summed E-state index contributed by atoms with van der Waals surface area (Å²) < 4.78 is 38.2. The number of unbranched alkanes of at least 4 members (excludes halogenated alkanes) is 1. The van der Waals surface area contributed by atoms with Gasteiger partial charge in [-0.3, -0.25) is 4.79 Å². The van der Waals surface area contributed by atoms with Crippen LogP contribution in [-0.4, -0.2) is 12.5 Å². The van der Waals surface area contributed by atoms with E-state index in [0.717, 1.165) is 25.0 Å². The molecule has 0 N–H and O–H groups in total. The van der Waals surface area contributed by atoms with Gasteiger partial charge in [0.15, 0.2) is 0 Å². The maximum absolute atomic E-state index is 12.8. The number of alkyl halides is 3. The molecule has 1 amide bonds. The van der Waals surface area contributed by atoms with Crippen molar-refractivity contribution in [3.05, 3.63) is 77.9 Å². The molecule has 0 heterocycles. The van der Waals surface area contributed by atoms with Crippen molar-refractivity contribution in [2.75, 3.05) is 11.4 Å². The van der Waals surface area contributed by atoms with Gasteiger partial charge < -0.3 is 4.90 Å². The van der Waals surface area contributed by atoms with Crippen molar-refractivity contribution in [3.63, 3.8) is 0 Å². The second-order valence-corrected chi connectivity index (χ2v) is 5.59. The van der Waals surface area contributed by atoms with E-state index in [1.54, 1.807) is 30.3 Å². The van der Waals surface area contributed by atoms with E-state index in [1.807, 2.05) is 19.1 Å². The molecule has 0 radical (unpaired) electrons. The molecule has 0 aliphatic heterocycles. The second kappa shape index (κ2) is 8.51. The van der Waals surface area contributed by atoms with Crippen molar-refractivity contribution in [1.29, 1.82) is 0 Å². The number of rotatable bonds is 6. The van der Waals surface area contributed by atoms with Crippen LogP contribution in [0.25, 0.3) is 0 Å². The Morgan fingerprint density at radius 2 is 1.64 bits per heavy atom. The second-order valence-electron chi connectivity index (χ2n) is 5.59. The predicted octanol–water partition coefficient (Wildman–Crippen LogP) is 5.71. The van der Waals surface area contributed by atoms with Crippen molar-refractivity contribution >= 4 is 11.6 Å². The minimum Gasteiger partial charge on any atom is -0.305 e. The average molecular weight is 347 g/mol. The Hall–Kier alpha value is -2.56. The van der Waals surface area contributed by atoms with Crippen LogP contribution in [0.2, 0.25) is 0 Å². The number of hydrogen-bond acceptors (Lipinski definition) is 1. The maximum atomic E-state index is 12.8. The standard InChI is InChI=1S/C20H20F3NO/c1-2-3-4-8-15-24(19(25)16-9-6-5-7-10-16)18-13-11-17(12-14-18)20(21,22)23/h4-14H,2-3,15H2,1H3/b8-4+. The van der Waals surface area contributed by atoms with Crippen LogP contribution in [0.3, 0.4) is 0 Å². The Balaban J connectivity index is 2.29. The quantitative estimate of drug-likeness (QED) is 0.613. The highest BCUT2D eigenvalue weighted by molar-refractivity contribution is 6.06. The topological polar surface area (TPSA) is 20.3 Å². The van der Waals surface area contributed by atoms with Gasteiger partial charge in [-0.05, 0) is 42.8 Å². The highest BCUT2D eigenvalue weighted by atomic mass is 19.4. The normalized spacial score (nSPS) is 11.7. The smallest absolute Gasteiger partial charge is 0.305 e. The highest BCUT2D eigenvalue weighted by Gasteiger charge is 2.30. The SMILES string of the molecule is CCC/C=C/CN(C(=O)c1ccccc1)c1ccc(C(F)(F)F)cc1. The summed E-state index contributed by atoms with van der Waals surface area (Å²) >= 11 is 0. The van der Waals surface area contributed by atoms with E-state index in [2.05, 4.69) is 0 Å². The van der Waals surface area contributed by atoms with E-state index < -0.39 is 11.7 Å². The molecule has 2 aromatic rings. The molecule has 2 aromatic carbocycles. The zero-order chi connectivity index (χ0) is 18.3. The third-order valence-electron chi connectivity index (χ3n) is 3.68. The van der Waals surface area contributed by atoms with Gasteiger partial charge in [0.05, 0.1) is 5.56 Å². The number of carbonyl (C=O) groups is 1. The average Bonchev–Trinajstić information content (AvgIpc) is 2.61. The van der Waals surface area contributed by atoms with Gasteiger partial charge >= 0.3 is 6.18 Å². The number of allylic oxidation sites excluding steroid dienone is 1. The summed E-state index contributed by atoms with van der Waals surface area (Å²) in [5.41, 5.74) is 0.194. The minimum atomic E-state index is -4.40. The third kappa shape index (κ3) is 5.21. The molecule has 0 atom stereocenters. The Labute approximate surface area is 145 Å². The molecular formula is C20H20F3NO. The lowest BCUT2D eigenvalue weighted by atomic mass is 10.1. The van der Waals surface area contributed by atoms with Gasteiger partial charge in [-0.25, -0.2) is 0 Å². The molecule has 2 rings (SSSR count). The Kier molecular flexibility index (Phi) is 6.39. The Morgan fingerprint density at radius 3 is 2.20 bits per heavy atom. The third-order valence-corrected chi connectivity index (χ3v) is 3.68. The minimum absolute atomic E-state index is 0.249. The van der Waals surface area contributed by atoms with E-state index in [4.69, 9.17) is 0 Å². The van der Waals surface area contributed by atoms with Gasteiger partial charge in [-0.1, -0.05) is 43.7 Å². The fourth-order valence-corrected chi connectivity index (χ4v) is 2.34. The van der Waals surface area contributed by atoms with Crippen LogP contribution >= 0.6 is 0 Å². The number of anilines is 1. The van der Waals surface area contributed by atoms with Crippen LogP contribution in [0.4, 0.5) is 18.9 Å². The van der Waals surface area contributed by atoms with Gasteiger partial charge in [0.25, 0.3) is 5.91 Å². The predicted molar refractivity (Wildman–Crippen MR) is 93.6 cm³/mol. The van der Waals surface area contributed by atoms with Gasteiger partial charge in [-0.2, -0.15) is 13.2 Å². The lowest BCUT2D eigenvalue weighted by Crippen LogP contribution is -2.31. The first kappa shape index (κ1) is 18.8. The first-order valence-electron chi connectivity index (χ1n) is 8.12. The summed E-state index contributed by atoms with van der Waals surface area (Å²) in [6, 6.07) is 13.3. The van der Waals surface area contributed by atoms with E-state index in [-0.39, 0.29) is 5.91 Å². The molecular weight excluding hydrogens is 327 g/mol. The monoisotopic (exact) mass is 347 g/mol. The van der Waals surface area contributed by atoms with Crippen molar-refractivity contribution in [3.8, 4) is 0 Å². The fourth-order valence-electron chi connectivity index (χ4n) is 2.34. The Morgan fingerprint density at radius 1 is 1.00 bits per heavy atom. The molecule has 0 bridgehead atoms. The van der Waals surface area contributed by atoms with Crippen LogP contribution in [0, 0.1) is 0 Å². The van der Waals surface area contributed by atoms with E-state index >= 15 is 0 Å². The largest absolute Gasteiger partial charge is 0.416 e. The molecule has 0 saturated heterocycles. The molecule has 0 spiro atoms. The highest BCUT2D eigenvalue weighted by Crippen LogP contribution is 2.30. The molecule has 0 aliphatic rings. The molecule has 0 aromatic heterocycles. The van der Waals surface area contributed by atoms with Crippen molar-refractivity contribution in [2.24, 2.45) is 0 Å². The van der Waals surface area contributed by atoms with Crippen LogP contribution in [0.1, 0.15) is 35.7 Å². The summed E-state index contributed by atoms with van der Waals surface area (Å²) in [6.07, 6.45) is 1.31. The summed E-state index contributed by atoms with van der Waals surface area (Å²) in [7, 11) is 0. The van der Waals surface area contributed by atoms with Crippen molar-refractivity contribution in [1.82, 2.24) is 0 Å². The number of benzene rings is 2. The Bertz CT molecular complexity index is 706. The number of hydrogen-bond donors (Lipinski definition) is 0. The van der Waals surface area contributed by atoms with Crippen LogP contribution in [0.5, 0.6) is 0 Å². The van der Waals surface area contributed by atoms with Gasteiger partial charge in [0, 0.05) is 17.8 Å². The van der Waals surface area contributed by atoms with Gasteiger partial charge in [0.1, 0.15) is 0 Å². The lowest BCUT2D eigenvalue weighted by molar-refractivity contribution is -0.137. The van der Waals surface area contributed by atoms with Crippen molar-refractivity contribution in [2.45, 2.75) is 25.9 Å². The lowest BCUT2D eigenvalue weighted by Gasteiger charge is -2.22. The van der Waals surface area contributed by atoms with E-state index in [1.165, 1.54) is 17.0 Å². The van der Waals surface area contributed by atoms with Gasteiger partial charge in [0.2, 0.25) is 0 Å². The zero-order valence-corrected chi connectivity index (χ0v) is 14.0. The van der Waals surface area contributed by atoms with Gasteiger partial charge in [-0.15, -0.1) is 0 Å². The molecule has 0 unspecified atom stereocenters. The number of halogens is 3. The first-order valence-corrected chi connectivity index (χ1v) is 8.12. The van der Waals surface area contributed by atoms with Crippen LogP contribution < -0.4 is 4.90 Å². The van der Waals surface area contributed by atoms with E-state index in [9.17, 15) is 18.0 Å². The zero-order valence-electron chi connectivity index (χ0n) is 14.0. The molecule has 132 valence electrons. The first-order chi connectivity index (χ1) is 11.9. The maximum Gasteiger partial charge on any atom is 0.416 e. The summed E-state index contributed by atoms with van der Waals surface area (Å²) in [4.78, 5) is 14.2. The van der Waals surface area contributed by atoms with E-state index in [0.29, 0.717) is 17.8 Å². The summed E-state index contributed by atoms with van der Waals surface area (Å²) in [5, 5.41) is 0. The summed E-state index contributed by atoms with van der Waals surface area (Å²) in [6.45, 7) is 2.35. The van der Waals surface area contributed by atoms with Crippen LogP contribution in [0.15, 0.2) is 66.7 Å². The number of carbonyl (C=O) groups excluding carboxylic acids is 1. The molecule has 0 fully saturated rings. The fraction of sp³-hybridized carbons (Fsp3) is 0.250. The molecule has 0 aliphatic carbocycles. The molecule has 0 saturated carbocycles. The molecule has 2 nitrogen and oxygen atoms in total. The summed E-state index contributed by atoms with van der Waals surface area (Å²) in [5.74, 6) is -0.249. The number of nitrogens with zero attached hydrogens (tertiary/aromatic N) is 1. The number of amides is 1. The van der Waals surface area contributed by atoms with Crippen molar-refractivity contribution < 1.29 is 18.0 Å². The van der Waals surface area contributed by atoms with Crippen LogP contribution in [-0.2, 0) is 6.18 Å².